The molecule has 2 aromatic rings. The summed E-state index contributed by atoms with van der Waals surface area (Å²) in [4.78, 5) is 0. The third-order valence-corrected chi connectivity index (χ3v) is 4.83. The average Bonchev–Trinajstić information content (AvgIpc) is 3.26. The molecule has 3 N–H and O–H groups in total. The highest BCUT2D eigenvalue weighted by Gasteiger charge is 2.12. The summed E-state index contributed by atoms with van der Waals surface area (Å²) in [5.41, 5.74) is 13.1. The SMILES string of the molecule is C[n+]1cscc1COc1ccc(/C=N/NC(N)=[N+]2CCCC2)cc1. The van der Waals surface area contributed by atoms with E-state index >= 15 is 0 Å². The van der Waals surface area contributed by atoms with Gasteiger partial charge in [0.1, 0.15) is 12.8 Å². The van der Waals surface area contributed by atoms with Crippen LogP contribution in [0.5, 0.6) is 5.75 Å². The number of nitrogens with two attached hydrogens (primary N) is 1. The molecule has 0 radical (unpaired) electrons. The summed E-state index contributed by atoms with van der Waals surface area (Å²) in [6, 6.07) is 7.84. The lowest BCUT2D eigenvalue weighted by Crippen LogP contribution is -2.37. The van der Waals surface area contributed by atoms with Crippen LogP contribution in [0.4, 0.5) is 0 Å². The molecule has 6 nitrogen and oxygen atoms in total. The van der Waals surface area contributed by atoms with E-state index in [-0.39, 0.29) is 0 Å². The van der Waals surface area contributed by atoms with Crippen molar-refractivity contribution in [2.75, 3.05) is 13.1 Å². The average molecular weight is 345 g/mol. The number of thiazole rings is 1. The number of hydrogen-bond acceptors (Lipinski definition) is 3. The molecule has 2 heterocycles. The molecule has 1 aliphatic heterocycles. The smallest absolute Gasteiger partial charge is 0.367 e. The number of nitrogens with one attached hydrogen (secondary N) is 1. The standard InChI is InChI=1S/C17H22N5OS/c1-21-13-24-12-15(21)11-23-16-6-4-14(5-7-16)10-19-20-17(18)22-8-2-3-9-22/h4-7,10,12-13H,2-3,8-9,11H2,1H3,(H2,18,20)/q+1/p+1/b19-10+. The van der Waals surface area contributed by atoms with Gasteiger partial charge in [-0.3, -0.25) is 10.3 Å². The Hall–Kier alpha value is -2.41. The van der Waals surface area contributed by atoms with Gasteiger partial charge in [-0.05, 0) is 42.7 Å². The van der Waals surface area contributed by atoms with Gasteiger partial charge in [0, 0.05) is 0 Å². The zero-order valence-corrected chi connectivity index (χ0v) is 14.6. The van der Waals surface area contributed by atoms with Gasteiger partial charge in [-0.15, -0.1) is 5.10 Å². The zero-order chi connectivity index (χ0) is 16.8. The molecule has 24 heavy (non-hydrogen) atoms. The number of ether oxygens (including phenoxy) is 1. The Balaban J connectivity index is 1.51. The van der Waals surface area contributed by atoms with Crippen LogP contribution >= 0.6 is 11.3 Å². The van der Waals surface area contributed by atoms with E-state index in [4.69, 9.17) is 10.5 Å². The molecule has 3 rings (SSSR count). The van der Waals surface area contributed by atoms with E-state index in [1.165, 1.54) is 12.8 Å². The predicted octanol–water partition coefficient (Wildman–Crippen LogP) is 1.20. The highest BCUT2D eigenvalue weighted by Crippen LogP contribution is 2.13. The molecule has 7 heteroatoms. The van der Waals surface area contributed by atoms with Crippen LogP contribution in [0.15, 0.2) is 40.3 Å². The number of aryl methyl sites for hydroxylation is 1. The molecule has 1 saturated heterocycles. The largest absolute Gasteiger partial charge is 0.483 e. The number of hydrazone groups is 1. The number of nitrogens with zero attached hydrogens (tertiary/aromatic N) is 3. The van der Waals surface area contributed by atoms with Crippen molar-refractivity contribution in [1.29, 1.82) is 0 Å². The minimum Gasteiger partial charge on any atom is -0.483 e. The van der Waals surface area contributed by atoms with Crippen LogP contribution in [-0.4, -0.2) is 29.8 Å². The Morgan fingerprint density at radius 2 is 2.08 bits per heavy atom. The maximum absolute atomic E-state index is 5.96. The molecule has 0 amide bonds. The first kappa shape index (κ1) is 16.4. The van der Waals surface area contributed by atoms with Crippen LogP contribution in [0.25, 0.3) is 0 Å². The van der Waals surface area contributed by atoms with Gasteiger partial charge in [0.25, 0.3) is 0 Å². The Labute approximate surface area is 145 Å². The molecule has 0 aliphatic carbocycles. The van der Waals surface area contributed by atoms with Gasteiger partial charge in [0.2, 0.25) is 11.2 Å². The van der Waals surface area contributed by atoms with Crippen molar-refractivity contribution in [1.82, 2.24) is 5.43 Å². The fourth-order valence-electron chi connectivity index (χ4n) is 2.50. The van der Waals surface area contributed by atoms with E-state index in [0.717, 1.165) is 30.1 Å². The summed E-state index contributed by atoms with van der Waals surface area (Å²) >= 11 is 1.67. The second kappa shape index (κ2) is 7.92. The highest BCUT2D eigenvalue weighted by molar-refractivity contribution is 7.07. The molecule has 126 valence electrons. The van der Waals surface area contributed by atoms with Gasteiger partial charge >= 0.3 is 5.96 Å². The third kappa shape index (κ3) is 4.32. The zero-order valence-electron chi connectivity index (χ0n) is 13.8. The van der Waals surface area contributed by atoms with Crippen LogP contribution in [0, 0.1) is 0 Å². The number of hydrogen-bond donors (Lipinski definition) is 2. The normalized spacial score (nSPS) is 14.3. The quantitative estimate of drug-likeness (QED) is 0.370. The maximum atomic E-state index is 5.96. The summed E-state index contributed by atoms with van der Waals surface area (Å²) in [7, 11) is 2.02. The third-order valence-electron chi connectivity index (χ3n) is 3.98. The van der Waals surface area contributed by atoms with E-state index in [1.807, 2.05) is 31.3 Å². The van der Waals surface area contributed by atoms with E-state index in [0.29, 0.717) is 12.6 Å². The van der Waals surface area contributed by atoms with E-state index in [9.17, 15) is 0 Å². The number of guanidine groups is 1. The van der Waals surface area contributed by atoms with Gasteiger partial charge in [0.15, 0.2) is 6.61 Å². The summed E-state index contributed by atoms with van der Waals surface area (Å²) in [6.45, 7) is 2.57. The van der Waals surface area contributed by atoms with Crippen molar-refractivity contribution in [2.45, 2.75) is 19.4 Å². The molecular formula is C17H23N5OS+2. The van der Waals surface area contributed by atoms with Crippen LogP contribution in [0.3, 0.4) is 0 Å². The van der Waals surface area contributed by atoms with Gasteiger partial charge < -0.3 is 4.74 Å². The molecule has 0 atom stereocenters. The Morgan fingerprint density at radius 3 is 2.75 bits per heavy atom. The predicted molar refractivity (Wildman–Crippen MR) is 95.4 cm³/mol. The molecule has 1 aromatic heterocycles. The summed E-state index contributed by atoms with van der Waals surface area (Å²) in [6.07, 6.45) is 4.14. The first-order valence-corrected chi connectivity index (χ1v) is 8.96. The summed E-state index contributed by atoms with van der Waals surface area (Å²) in [5.74, 6) is 1.46. The maximum Gasteiger partial charge on any atom is 0.367 e. The van der Waals surface area contributed by atoms with E-state index < -0.39 is 0 Å². The van der Waals surface area contributed by atoms with Crippen LogP contribution in [-0.2, 0) is 13.7 Å². The van der Waals surface area contributed by atoms with E-state index in [2.05, 4.69) is 30.6 Å². The van der Waals surface area contributed by atoms with Crippen LogP contribution < -0.4 is 20.5 Å². The van der Waals surface area contributed by atoms with Crippen molar-refractivity contribution in [3.8, 4) is 5.75 Å². The Kier molecular flexibility index (Phi) is 5.43. The lowest BCUT2D eigenvalue weighted by molar-refractivity contribution is -0.675. The van der Waals surface area contributed by atoms with Crippen molar-refractivity contribution < 1.29 is 13.9 Å². The van der Waals surface area contributed by atoms with Crippen molar-refractivity contribution in [2.24, 2.45) is 17.9 Å². The van der Waals surface area contributed by atoms with Crippen LogP contribution in [0.2, 0.25) is 0 Å². The molecule has 1 aromatic carbocycles. The van der Waals surface area contributed by atoms with Gasteiger partial charge in [-0.2, -0.15) is 9.99 Å². The van der Waals surface area contributed by atoms with Gasteiger partial charge in [-0.1, -0.05) is 11.3 Å². The highest BCUT2D eigenvalue weighted by atomic mass is 32.1. The first-order valence-electron chi connectivity index (χ1n) is 8.02. The molecular weight excluding hydrogens is 322 g/mol. The fraction of sp³-hybridized carbons (Fsp3) is 0.353. The summed E-state index contributed by atoms with van der Waals surface area (Å²) < 4.78 is 9.97. The van der Waals surface area contributed by atoms with Crippen molar-refractivity contribution >= 4 is 23.5 Å². The minimum absolute atomic E-state index is 0.566. The number of aromatic nitrogens is 1. The second-order valence-electron chi connectivity index (χ2n) is 5.77. The minimum atomic E-state index is 0.566. The van der Waals surface area contributed by atoms with Crippen LogP contribution in [0.1, 0.15) is 24.1 Å². The van der Waals surface area contributed by atoms with E-state index in [1.54, 1.807) is 17.6 Å². The number of benzene rings is 1. The summed E-state index contributed by atoms with van der Waals surface area (Å²) in [5, 5.41) is 6.28. The molecule has 0 bridgehead atoms. The monoisotopic (exact) mass is 345 g/mol. The van der Waals surface area contributed by atoms with Gasteiger partial charge in [0.05, 0.1) is 24.7 Å². The number of rotatable bonds is 5. The topological polar surface area (TPSA) is 66.5 Å². The van der Waals surface area contributed by atoms with Gasteiger partial charge in [-0.25, -0.2) is 0 Å². The second-order valence-corrected chi connectivity index (χ2v) is 6.49. The molecule has 0 unspecified atom stereocenters. The first-order chi connectivity index (χ1) is 11.7. The lowest BCUT2D eigenvalue weighted by atomic mass is 10.2. The van der Waals surface area contributed by atoms with Crippen molar-refractivity contribution in [3.05, 3.63) is 46.4 Å². The molecule has 0 spiro atoms. The lowest BCUT2D eigenvalue weighted by Gasteiger charge is -2.03. The molecule has 0 saturated carbocycles. The molecule has 1 aliphatic rings. The molecule has 1 fully saturated rings. The Bertz CT molecular complexity index is 728. The fourth-order valence-corrected chi connectivity index (χ4v) is 3.27. The Morgan fingerprint density at radius 1 is 1.33 bits per heavy atom. The van der Waals surface area contributed by atoms with Crippen molar-refractivity contribution in [3.63, 3.8) is 0 Å².